The number of amides is 1. The largest absolute Gasteiger partial charge is 0.434 e. The molecule has 2 aromatic rings. The van der Waals surface area contributed by atoms with Crippen molar-refractivity contribution in [3.63, 3.8) is 0 Å². The van der Waals surface area contributed by atoms with Gasteiger partial charge in [0.25, 0.3) is 0 Å². The summed E-state index contributed by atoms with van der Waals surface area (Å²) in [4.78, 5) is 25.4. The summed E-state index contributed by atoms with van der Waals surface area (Å²) in [6.45, 7) is 4.87. The van der Waals surface area contributed by atoms with Crippen molar-refractivity contribution in [2.75, 3.05) is 6.54 Å². The average Bonchev–Trinajstić information content (AvgIpc) is 3.47. The summed E-state index contributed by atoms with van der Waals surface area (Å²) >= 11 is 7.21. The summed E-state index contributed by atoms with van der Waals surface area (Å²) in [6, 6.07) is 1.65. The molecular formula is C22H22ClF3N4O2S. The Balaban J connectivity index is 1.73. The number of nitrogens with zero attached hydrogens (tertiary/aromatic N) is 3. The monoisotopic (exact) mass is 498 g/mol. The Kier molecular flexibility index (Phi) is 7.97. The van der Waals surface area contributed by atoms with E-state index < -0.39 is 24.2 Å². The van der Waals surface area contributed by atoms with Crippen LogP contribution in [-0.2, 0) is 22.2 Å². The first-order valence-corrected chi connectivity index (χ1v) is 11.4. The maximum absolute atomic E-state index is 13.1. The Morgan fingerprint density at radius 2 is 2.15 bits per heavy atom. The summed E-state index contributed by atoms with van der Waals surface area (Å²) in [5.74, 6) is 5.96. The van der Waals surface area contributed by atoms with Crippen molar-refractivity contribution in [2.24, 2.45) is 11.1 Å². The first kappa shape index (κ1) is 25.0. The van der Waals surface area contributed by atoms with E-state index in [9.17, 15) is 18.0 Å². The van der Waals surface area contributed by atoms with E-state index in [1.54, 1.807) is 26.1 Å². The molecule has 0 aromatic carbocycles. The van der Waals surface area contributed by atoms with Crippen molar-refractivity contribution in [1.29, 1.82) is 0 Å². The summed E-state index contributed by atoms with van der Waals surface area (Å²) < 4.78 is 39.4. The van der Waals surface area contributed by atoms with Crippen LogP contribution in [0, 0.1) is 24.7 Å². The van der Waals surface area contributed by atoms with E-state index in [1.807, 2.05) is 0 Å². The molecule has 2 aromatic heterocycles. The molecule has 1 fully saturated rings. The number of oxime groups is 1. The zero-order chi connectivity index (χ0) is 24.2. The standard InChI is InChI=1S/C22H22ClF3N4O2S/c1-12(2)32-30-17(20-16(23)8-15(10-28-20)7-6-14-4-5-14)11-27-19(31)9-18-21(22(24,25)26)29-13(3)33-18/h8,10,12,14H,4-5,9,11H2,1-3H3,(H,27,31)/b30-17+. The second-order valence-corrected chi connectivity index (χ2v) is 9.44. The molecule has 33 heavy (non-hydrogen) atoms. The second kappa shape index (κ2) is 10.5. The Bertz CT molecular complexity index is 1120. The van der Waals surface area contributed by atoms with Crippen molar-refractivity contribution in [2.45, 2.75) is 52.3 Å². The first-order chi connectivity index (χ1) is 15.5. The fourth-order valence-corrected chi connectivity index (χ4v) is 3.89. The van der Waals surface area contributed by atoms with E-state index in [0.29, 0.717) is 17.2 Å². The van der Waals surface area contributed by atoms with E-state index >= 15 is 0 Å². The van der Waals surface area contributed by atoms with Crippen LogP contribution >= 0.6 is 22.9 Å². The van der Waals surface area contributed by atoms with Gasteiger partial charge in [0.2, 0.25) is 5.91 Å². The fourth-order valence-electron chi connectivity index (χ4n) is 2.66. The lowest BCUT2D eigenvalue weighted by atomic mass is 10.2. The third-order valence-electron chi connectivity index (χ3n) is 4.33. The number of aromatic nitrogens is 2. The Morgan fingerprint density at radius 1 is 1.42 bits per heavy atom. The minimum Gasteiger partial charge on any atom is -0.393 e. The molecule has 1 aliphatic rings. The van der Waals surface area contributed by atoms with Crippen LogP contribution in [0.25, 0.3) is 0 Å². The number of thiazole rings is 1. The molecule has 0 bridgehead atoms. The van der Waals surface area contributed by atoms with Crippen LogP contribution in [0.2, 0.25) is 5.02 Å². The molecule has 11 heteroatoms. The molecule has 0 radical (unpaired) electrons. The van der Waals surface area contributed by atoms with Gasteiger partial charge in [-0.05, 0) is 39.7 Å². The summed E-state index contributed by atoms with van der Waals surface area (Å²) in [5, 5.41) is 7.11. The highest BCUT2D eigenvalue weighted by Gasteiger charge is 2.37. The number of carbonyl (C=O) groups is 1. The van der Waals surface area contributed by atoms with E-state index in [4.69, 9.17) is 16.4 Å². The molecule has 0 spiro atoms. The van der Waals surface area contributed by atoms with Gasteiger partial charge in [-0.15, -0.1) is 11.3 Å². The molecule has 0 saturated heterocycles. The molecule has 0 aliphatic heterocycles. The van der Waals surface area contributed by atoms with Gasteiger partial charge in [-0.3, -0.25) is 9.78 Å². The SMILES string of the molecule is Cc1nc(C(F)(F)F)c(CC(=O)NC/C(=N\OC(C)C)c2ncc(C#CC3CC3)cc2Cl)s1. The molecular weight excluding hydrogens is 477 g/mol. The van der Waals surface area contributed by atoms with E-state index in [2.05, 4.69) is 32.3 Å². The number of alkyl halides is 3. The van der Waals surface area contributed by atoms with Crippen LogP contribution in [0.4, 0.5) is 13.2 Å². The normalized spacial score (nSPS) is 14.1. The van der Waals surface area contributed by atoms with Crippen LogP contribution in [0.3, 0.4) is 0 Å². The number of pyridine rings is 1. The third-order valence-corrected chi connectivity index (χ3v) is 5.59. The van der Waals surface area contributed by atoms with Gasteiger partial charge < -0.3 is 10.2 Å². The predicted octanol–water partition coefficient (Wildman–Crippen LogP) is 4.77. The van der Waals surface area contributed by atoms with Gasteiger partial charge in [0.1, 0.15) is 17.5 Å². The predicted molar refractivity (Wildman–Crippen MR) is 120 cm³/mol. The van der Waals surface area contributed by atoms with Crippen LogP contribution < -0.4 is 5.32 Å². The van der Waals surface area contributed by atoms with Crippen molar-refractivity contribution in [3.8, 4) is 11.8 Å². The van der Waals surface area contributed by atoms with Gasteiger partial charge >= 0.3 is 6.18 Å². The number of rotatable bonds is 7. The quantitative estimate of drug-likeness (QED) is 0.339. The van der Waals surface area contributed by atoms with Crippen molar-refractivity contribution >= 4 is 34.6 Å². The maximum Gasteiger partial charge on any atom is 0.434 e. The maximum atomic E-state index is 13.1. The van der Waals surface area contributed by atoms with Crippen LogP contribution in [0.15, 0.2) is 17.4 Å². The Morgan fingerprint density at radius 3 is 2.76 bits per heavy atom. The van der Waals surface area contributed by atoms with E-state index in [0.717, 1.165) is 24.2 Å². The highest BCUT2D eigenvalue weighted by Crippen LogP contribution is 2.34. The number of hydrogen-bond donors (Lipinski definition) is 1. The van der Waals surface area contributed by atoms with Crippen LogP contribution in [-0.4, -0.2) is 34.2 Å². The smallest absolute Gasteiger partial charge is 0.393 e. The molecule has 1 aliphatic carbocycles. The van der Waals surface area contributed by atoms with Crippen molar-refractivity contribution in [1.82, 2.24) is 15.3 Å². The minimum absolute atomic E-state index is 0.134. The fraction of sp³-hybridized carbons (Fsp3) is 0.455. The molecule has 6 nitrogen and oxygen atoms in total. The highest BCUT2D eigenvalue weighted by molar-refractivity contribution is 7.11. The van der Waals surface area contributed by atoms with Gasteiger partial charge in [-0.1, -0.05) is 28.6 Å². The van der Waals surface area contributed by atoms with Gasteiger partial charge in [-0.2, -0.15) is 13.2 Å². The van der Waals surface area contributed by atoms with Crippen LogP contribution in [0.1, 0.15) is 53.5 Å². The zero-order valence-electron chi connectivity index (χ0n) is 18.2. The number of aryl methyl sites for hydroxylation is 1. The number of hydrogen-bond acceptors (Lipinski definition) is 6. The number of halogens is 4. The van der Waals surface area contributed by atoms with Gasteiger partial charge in [0.05, 0.1) is 23.0 Å². The lowest BCUT2D eigenvalue weighted by Crippen LogP contribution is -2.32. The molecule has 1 amide bonds. The summed E-state index contributed by atoms with van der Waals surface area (Å²) in [7, 11) is 0. The van der Waals surface area contributed by atoms with Crippen molar-refractivity contribution < 1.29 is 22.8 Å². The first-order valence-electron chi connectivity index (χ1n) is 10.2. The van der Waals surface area contributed by atoms with Gasteiger partial charge in [0, 0.05) is 22.6 Å². The topological polar surface area (TPSA) is 76.5 Å². The molecule has 3 rings (SSSR count). The summed E-state index contributed by atoms with van der Waals surface area (Å²) in [6.07, 6.45) is -1.58. The highest BCUT2D eigenvalue weighted by atomic mass is 35.5. The third kappa shape index (κ3) is 7.44. The average molecular weight is 499 g/mol. The Hall–Kier alpha value is -2.64. The number of nitrogens with one attached hydrogen (secondary N) is 1. The second-order valence-electron chi connectivity index (χ2n) is 7.75. The minimum atomic E-state index is -4.63. The number of carbonyl (C=O) groups excluding carboxylic acids is 1. The lowest BCUT2D eigenvalue weighted by molar-refractivity contribution is -0.141. The summed E-state index contributed by atoms with van der Waals surface area (Å²) in [5.41, 5.74) is 0.147. The van der Waals surface area contributed by atoms with Gasteiger partial charge in [-0.25, -0.2) is 4.98 Å². The lowest BCUT2D eigenvalue weighted by Gasteiger charge is -2.11. The molecule has 1 saturated carbocycles. The van der Waals surface area contributed by atoms with Crippen molar-refractivity contribution in [3.05, 3.63) is 44.1 Å². The molecule has 2 heterocycles. The van der Waals surface area contributed by atoms with Crippen LogP contribution in [0.5, 0.6) is 0 Å². The molecule has 176 valence electrons. The molecule has 1 N–H and O–H groups in total. The van der Waals surface area contributed by atoms with E-state index in [-0.39, 0.29) is 33.3 Å². The molecule has 0 atom stereocenters. The van der Waals surface area contributed by atoms with Gasteiger partial charge in [0.15, 0.2) is 5.69 Å². The Labute approximate surface area is 198 Å². The molecule has 0 unspecified atom stereocenters. The zero-order valence-corrected chi connectivity index (χ0v) is 19.8. The van der Waals surface area contributed by atoms with E-state index in [1.165, 1.54) is 6.92 Å².